The molecule has 4 aliphatic carbocycles. The van der Waals surface area contributed by atoms with E-state index in [9.17, 15) is 4.79 Å². The highest BCUT2D eigenvalue weighted by Crippen LogP contribution is 2.68. The number of fused-ring (bicyclic) bond motifs is 5. The minimum absolute atomic E-state index is 0.313. The molecular weight excluding hydrogens is 364 g/mol. The van der Waals surface area contributed by atoms with Crippen LogP contribution in [0.1, 0.15) is 119 Å². The van der Waals surface area contributed by atoms with Gasteiger partial charge in [-0.2, -0.15) is 0 Å². The highest BCUT2D eigenvalue weighted by molar-refractivity contribution is 5.83. The summed E-state index contributed by atoms with van der Waals surface area (Å²) in [5, 5.41) is 0. The smallest absolute Gasteiger partial charge is 0.136 e. The summed E-state index contributed by atoms with van der Waals surface area (Å²) >= 11 is 0. The van der Waals surface area contributed by atoms with Crippen molar-refractivity contribution in [2.45, 2.75) is 119 Å². The van der Waals surface area contributed by atoms with Gasteiger partial charge in [-0.15, -0.1) is 0 Å². The van der Waals surface area contributed by atoms with E-state index in [1.165, 1.54) is 70.6 Å². The maximum atomic E-state index is 13.4. The molecule has 4 aliphatic rings. The molecule has 4 saturated carbocycles. The molecule has 0 aromatic rings. The molecule has 0 aliphatic heterocycles. The van der Waals surface area contributed by atoms with Gasteiger partial charge in [0.25, 0.3) is 0 Å². The molecule has 0 aromatic heterocycles. The van der Waals surface area contributed by atoms with Crippen LogP contribution in [-0.4, -0.2) is 5.78 Å². The van der Waals surface area contributed by atoms with Crippen LogP contribution in [0.3, 0.4) is 0 Å². The molecule has 5 unspecified atom stereocenters. The van der Waals surface area contributed by atoms with Gasteiger partial charge in [0.2, 0.25) is 0 Å². The average molecular weight is 415 g/mol. The number of hydrogen-bond acceptors (Lipinski definition) is 1. The first kappa shape index (κ1) is 22.8. The van der Waals surface area contributed by atoms with Gasteiger partial charge >= 0.3 is 0 Å². The third-order valence-electron chi connectivity index (χ3n) is 11.5. The topological polar surface area (TPSA) is 17.1 Å². The van der Waals surface area contributed by atoms with E-state index in [4.69, 9.17) is 0 Å². The summed E-state index contributed by atoms with van der Waals surface area (Å²) < 4.78 is 0. The first-order chi connectivity index (χ1) is 14.2. The zero-order chi connectivity index (χ0) is 21.7. The van der Waals surface area contributed by atoms with E-state index < -0.39 is 0 Å². The summed E-state index contributed by atoms with van der Waals surface area (Å²) in [6.07, 6.45) is 16.0. The van der Waals surface area contributed by atoms with Crippen LogP contribution in [0, 0.1) is 58.2 Å². The molecule has 0 amide bonds. The Kier molecular flexibility index (Phi) is 6.51. The number of carbonyl (C=O) groups is 1. The lowest BCUT2D eigenvalue weighted by Gasteiger charge is -2.60. The highest BCUT2D eigenvalue weighted by atomic mass is 16.1. The van der Waals surface area contributed by atoms with Gasteiger partial charge in [0.1, 0.15) is 5.78 Å². The monoisotopic (exact) mass is 414 g/mol. The summed E-state index contributed by atoms with van der Waals surface area (Å²) in [6, 6.07) is 0. The lowest BCUT2D eigenvalue weighted by atomic mass is 9.43. The summed E-state index contributed by atoms with van der Waals surface area (Å²) in [5.41, 5.74) is 0.816. The molecular formula is C29H50O. The first-order valence-electron chi connectivity index (χ1n) is 13.7. The van der Waals surface area contributed by atoms with E-state index >= 15 is 0 Å². The molecule has 0 radical (unpaired) electrons. The molecule has 10 atom stereocenters. The fraction of sp³-hybridized carbons (Fsp3) is 0.966. The Morgan fingerprint density at radius 2 is 1.67 bits per heavy atom. The molecule has 172 valence electrons. The van der Waals surface area contributed by atoms with E-state index in [1.807, 2.05) is 0 Å². The van der Waals surface area contributed by atoms with E-state index in [0.717, 1.165) is 41.9 Å². The van der Waals surface area contributed by atoms with Crippen molar-refractivity contribution in [2.24, 2.45) is 58.2 Å². The van der Waals surface area contributed by atoms with Gasteiger partial charge in [0.15, 0.2) is 0 Å². The van der Waals surface area contributed by atoms with Gasteiger partial charge in [-0.1, -0.05) is 73.6 Å². The molecule has 4 fully saturated rings. The molecule has 0 saturated heterocycles. The molecule has 0 aromatic carbocycles. The quantitative estimate of drug-likeness (QED) is 0.427. The molecule has 0 bridgehead atoms. The fourth-order valence-corrected chi connectivity index (χ4v) is 9.40. The normalized spacial score (nSPS) is 47.9. The summed E-state index contributed by atoms with van der Waals surface area (Å²) in [6.45, 7) is 14.9. The zero-order valence-corrected chi connectivity index (χ0v) is 21.0. The Morgan fingerprint density at radius 1 is 0.967 bits per heavy atom. The van der Waals surface area contributed by atoms with Crippen molar-refractivity contribution in [1.29, 1.82) is 0 Å². The van der Waals surface area contributed by atoms with Gasteiger partial charge in [0.05, 0.1) is 0 Å². The van der Waals surface area contributed by atoms with Crippen LogP contribution in [0.5, 0.6) is 0 Å². The van der Waals surface area contributed by atoms with Crippen LogP contribution in [0.15, 0.2) is 0 Å². The second-order valence-electron chi connectivity index (χ2n) is 13.1. The lowest BCUT2D eigenvalue weighted by molar-refractivity contribution is -0.156. The molecule has 0 spiro atoms. The third-order valence-corrected chi connectivity index (χ3v) is 11.5. The van der Waals surface area contributed by atoms with Crippen molar-refractivity contribution in [1.82, 2.24) is 0 Å². The van der Waals surface area contributed by atoms with Crippen LogP contribution >= 0.6 is 0 Å². The van der Waals surface area contributed by atoms with Crippen LogP contribution < -0.4 is 0 Å². The number of hydrogen-bond donors (Lipinski definition) is 0. The van der Waals surface area contributed by atoms with E-state index in [1.54, 1.807) is 0 Å². The average Bonchev–Trinajstić information content (AvgIpc) is 3.06. The Hall–Kier alpha value is -0.330. The summed E-state index contributed by atoms with van der Waals surface area (Å²) in [4.78, 5) is 13.4. The van der Waals surface area contributed by atoms with Crippen LogP contribution in [0.25, 0.3) is 0 Å². The maximum Gasteiger partial charge on any atom is 0.136 e. The first-order valence-corrected chi connectivity index (χ1v) is 13.7. The Balaban J connectivity index is 1.47. The van der Waals surface area contributed by atoms with Crippen LogP contribution in [-0.2, 0) is 4.79 Å². The molecule has 1 nitrogen and oxygen atoms in total. The third kappa shape index (κ3) is 3.73. The number of ketones is 1. The number of Topliss-reactive ketones (excluding diaryl/α,β-unsaturated/α-hetero) is 1. The predicted molar refractivity (Wildman–Crippen MR) is 127 cm³/mol. The zero-order valence-electron chi connectivity index (χ0n) is 21.0. The minimum Gasteiger partial charge on any atom is -0.299 e. The largest absolute Gasteiger partial charge is 0.299 e. The molecule has 1 heteroatoms. The Morgan fingerprint density at radius 3 is 2.40 bits per heavy atom. The molecule has 4 rings (SSSR count). The fourth-order valence-electron chi connectivity index (χ4n) is 9.40. The maximum absolute atomic E-state index is 13.4. The van der Waals surface area contributed by atoms with Crippen molar-refractivity contribution in [3.8, 4) is 0 Å². The van der Waals surface area contributed by atoms with Crippen molar-refractivity contribution in [3.63, 3.8) is 0 Å². The predicted octanol–water partition coefficient (Wildman–Crippen LogP) is 8.31. The second kappa shape index (κ2) is 8.55. The van der Waals surface area contributed by atoms with E-state index in [0.29, 0.717) is 28.4 Å². The Labute approximate surface area is 187 Å². The van der Waals surface area contributed by atoms with Crippen molar-refractivity contribution < 1.29 is 4.79 Å². The number of carbonyl (C=O) groups excluding carboxylic acids is 1. The van der Waals surface area contributed by atoms with Gasteiger partial charge in [-0.05, 0) is 90.8 Å². The van der Waals surface area contributed by atoms with Gasteiger partial charge in [-0.3, -0.25) is 4.79 Å². The van der Waals surface area contributed by atoms with Crippen LogP contribution in [0.4, 0.5) is 0 Å². The van der Waals surface area contributed by atoms with Crippen molar-refractivity contribution in [2.75, 3.05) is 0 Å². The molecule has 0 heterocycles. The SMILES string of the molecule is CCC(C)CCC[C@@H](C)C1CCC2C3CC(=O)[C@H]4C[C@@H](C)CC[C@]4(C)C3CC[C@@]21C. The van der Waals surface area contributed by atoms with Crippen molar-refractivity contribution >= 4 is 5.78 Å². The minimum atomic E-state index is 0.313. The highest BCUT2D eigenvalue weighted by Gasteiger charge is 2.62. The van der Waals surface area contributed by atoms with Crippen LogP contribution in [0.2, 0.25) is 0 Å². The van der Waals surface area contributed by atoms with E-state index in [-0.39, 0.29) is 0 Å². The van der Waals surface area contributed by atoms with Crippen molar-refractivity contribution in [3.05, 3.63) is 0 Å². The molecule has 0 N–H and O–H groups in total. The lowest BCUT2D eigenvalue weighted by Crippen LogP contribution is -2.56. The summed E-state index contributed by atoms with van der Waals surface area (Å²) in [5.74, 6) is 6.77. The van der Waals surface area contributed by atoms with E-state index in [2.05, 4.69) is 41.5 Å². The van der Waals surface area contributed by atoms with Gasteiger partial charge in [-0.25, -0.2) is 0 Å². The standard InChI is InChI=1S/C29H50O/c1-7-19(2)9-8-10-21(4)23-11-12-24-22-18-27(30)26-17-20(3)13-15-29(26,6)25(22)14-16-28(23,24)5/h19-26H,7-18H2,1-6H3/t19?,20-,21+,22?,23?,24?,25?,26+,28+,29+/m0/s1. The number of rotatable bonds is 6. The second-order valence-corrected chi connectivity index (χ2v) is 13.1. The molecule has 30 heavy (non-hydrogen) atoms. The van der Waals surface area contributed by atoms with Gasteiger partial charge in [0, 0.05) is 12.3 Å². The summed E-state index contributed by atoms with van der Waals surface area (Å²) in [7, 11) is 0. The Bertz CT molecular complexity index is 624. The van der Waals surface area contributed by atoms with Gasteiger partial charge < -0.3 is 0 Å².